The van der Waals surface area contributed by atoms with Gasteiger partial charge in [0.25, 0.3) is 0 Å². The van der Waals surface area contributed by atoms with E-state index in [2.05, 4.69) is 26.5 Å². The molecule has 3 aromatic rings. The van der Waals surface area contributed by atoms with Gasteiger partial charge in [0.1, 0.15) is 11.3 Å². The number of pyridine rings is 1. The van der Waals surface area contributed by atoms with Crippen molar-refractivity contribution in [3.8, 4) is 11.3 Å². The number of benzene rings is 1. The van der Waals surface area contributed by atoms with Crippen LogP contribution in [-0.4, -0.2) is 29.2 Å². The number of alkyl halides is 2. The monoisotopic (exact) mass is 487 g/mol. The van der Waals surface area contributed by atoms with Gasteiger partial charge in [0, 0.05) is 40.5 Å². The van der Waals surface area contributed by atoms with Crippen molar-refractivity contribution >= 4 is 28.7 Å². The van der Waals surface area contributed by atoms with Crippen molar-refractivity contribution in [1.82, 2.24) is 4.98 Å². The van der Waals surface area contributed by atoms with Gasteiger partial charge < -0.3 is 9.15 Å². The number of rotatable bonds is 13. The minimum Gasteiger partial charge on any atom is -0.463 e. The average molecular weight is 488 g/mol. The van der Waals surface area contributed by atoms with Crippen LogP contribution in [0.5, 0.6) is 0 Å². The number of thioether (sulfide) groups is 1. The Hall–Kier alpha value is -2.67. The van der Waals surface area contributed by atoms with E-state index in [1.165, 1.54) is 0 Å². The molecular formula is C27H31F2NO3S. The Balaban J connectivity index is 1.54. The van der Waals surface area contributed by atoms with E-state index in [1.54, 1.807) is 11.8 Å². The maximum absolute atomic E-state index is 14.0. The Morgan fingerprint density at radius 1 is 1.15 bits per heavy atom. The molecule has 7 heteroatoms. The Labute approximate surface area is 203 Å². The smallest absolute Gasteiger partial charge is 0.330 e. The summed E-state index contributed by atoms with van der Waals surface area (Å²) >= 11 is 1.54. The standard InChI is InChI=1S/C27H31F2NO3S/c1-4-20-10-12-22(23(5-2)30-20)25-17-19-9-11-21(18-24(19)33-25)34-16-8-14-27(28,29)13-7-15-32-26(31)6-3/h6,9-12,17-18H,3-5,7-8,13-16H2,1-2H3. The van der Waals surface area contributed by atoms with Crippen molar-refractivity contribution in [2.45, 2.75) is 63.2 Å². The van der Waals surface area contributed by atoms with Gasteiger partial charge in [-0.3, -0.25) is 4.98 Å². The largest absolute Gasteiger partial charge is 0.463 e. The van der Waals surface area contributed by atoms with E-state index in [0.29, 0.717) is 12.2 Å². The second-order valence-corrected chi connectivity index (χ2v) is 9.27. The quantitative estimate of drug-likeness (QED) is 0.107. The lowest BCUT2D eigenvalue weighted by molar-refractivity contribution is -0.138. The minimum atomic E-state index is -2.76. The van der Waals surface area contributed by atoms with Crippen molar-refractivity contribution in [1.29, 1.82) is 0 Å². The first-order valence-electron chi connectivity index (χ1n) is 11.7. The van der Waals surface area contributed by atoms with Crippen LogP contribution in [0.2, 0.25) is 0 Å². The van der Waals surface area contributed by atoms with Crippen LogP contribution in [-0.2, 0) is 22.4 Å². The summed E-state index contributed by atoms with van der Waals surface area (Å²) in [6, 6.07) is 12.1. The van der Waals surface area contributed by atoms with Crippen molar-refractivity contribution in [2.24, 2.45) is 0 Å². The van der Waals surface area contributed by atoms with Crippen LogP contribution in [0.1, 0.15) is 50.9 Å². The molecule has 34 heavy (non-hydrogen) atoms. The van der Waals surface area contributed by atoms with Crippen molar-refractivity contribution < 1.29 is 22.7 Å². The molecule has 0 unspecified atom stereocenters. The van der Waals surface area contributed by atoms with Crippen LogP contribution in [0.4, 0.5) is 8.78 Å². The lowest BCUT2D eigenvalue weighted by Crippen LogP contribution is -2.17. The topological polar surface area (TPSA) is 52.3 Å². The zero-order chi connectivity index (χ0) is 24.6. The Morgan fingerprint density at radius 3 is 2.68 bits per heavy atom. The van der Waals surface area contributed by atoms with Gasteiger partial charge in [0.05, 0.1) is 12.3 Å². The van der Waals surface area contributed by atoms with E-state index in [0.717, 1.165) is 57.5 Å². The number of furan rings is 1. The number of fused-ring (bicyclic) bond motifs is 1. The molecule has 0 radical (unpaired) electrons. The molecule has 0 aliphatic rings. The van der Waals surface area contributed by atoms with Crippen LogP contribution in [0.25, 0.3) is 22.3 Å². The minimum absolute atomic E-state index is 0.0150. The molecule has 1 aromatic carbocycles. The normalized spacial score (nSPS) is 11.6. The van der Waals surface area contributed by atoms with Crippen LogP contribution in [0, 0.1) is 0 Å². The zero-order valence-corrected chi connectivity index (χ0v) is 20.6. The molecule has 0 saturated carbocycles. The van der Waals surface area contributed by atoms with E-state index in [-0.39, 0.29) is 25.9 Å². The second kappa shape index (κ2) is 12.2. The number of hydrogen-bond acceptors (Lipinski definition) is 5. The zero-order valence-electron chi connectivity index (χ0n) is 19.7. The molecule has 3 rings (SSSR count). The molecule has 0 atom stereocenters. The highest BCUT2D eigenvalue weighted by molar-refractivity contribution is 7.99. The van der Waals surface area contributed by atoms with Crippen LogP contribution >= 0.6 is 11.8 Å². The third-order valence-corrected chi connectivity index (χ3v) is 6.62. The maximum Gasteiger partial charge on any atom is 0.330 e. The third-order valence-electron chi connectivity index (χ3n) is 5.54. The fourth-order valence-corrected chi connectivity index (χ4v) is 4.56. The molecule has 0 fully saturated rings. The number of aryl methyl sites for hydroxylation is 2. The number of carbonyl (C=O) groups is 1. The molecular weight excluding hydrogens is 456 g/mol. The van der Waals surface area contributed by atoms with Gasteiger partial charge in [-0.05, 0) is 67.8 Å². The molecule has 182 valence electrons. The molecule has 0 saturated heterocycles. The van der Waals surface area contributed by atoms with Crippen molar-refractivity contribution in [3.63, 3.8) is 0 Å². The van der Waals surface area contributed by atoms with Gasteiger partial charge in [0.2, 0.25) is 5.92 Å². The lowest BCUT2D eigenvalue weighted by atomic mass is 10.1. The number of ether oxygens (including phenoxy) is 1. The summed E-state index contributed by atoms with van der Waals surface area (Å²) in [5, 5.41) is 1.00. The summed E-state index contributed by atoms with van der Waals surface area (Å²) in [5.41, 5.74) is 3.87. The summed E-state index contributed by atoms with van der Waals surface area (Å²) in [5.74, 6) is -1.97. The predicted molar refractivity (Wildman–Crippen MR) is 133 cm³/mol. The number of nitrogens with zero attached hydrogens (tertiary/aromatic N) is 1. The molecule has 2 heterocycles. The number of hydrogen-bond donors (Lipinski definition) is 0. The highest BCUT2D eigenvalue weighted by Gasteiger charge is 2.27. The molecule has 2 aromatic heterocycles. The summed E-state index contributed by atoms with van der Waals surface area (Å²) in [6.07, 6.45) is 2.78. The Morgan fingerprint density at radius 2 is 1.94 bits per heavy atom. The summed E-state index contributed by atoms with van der Waals surface area (Å²) in [6.45, 7) is 7.44. The van der Waals surface area contributed by atoms with Gasteiger partial charge in [-0.25, -0.2) is 13.6 Å². The van der Waals surface area contributed by atoms with Crippen molar-refractivity contribution in [3.05, 3.63) is 60.4 Å². The summed E-state index contributed by atoms with van der Waals surface area (Å²) < 4.78 is 39.0. The van der Waals surface area contributed by atoms with E-state index in [9.17, 15) is 13.6 Å². The lowest BCUT2D eigenvalue weighted by Gasteiger charge is -2.15. The Bertz CT molecular complexity index is 1130. The van der Waals surface area contributed by atoms with Crippen LogP contribution in [0.15, 0.2) is 58.4 Å². The van der Waals surface area contributed by atoms with Crippen LogP contribution in [0.3, 0.4) is 0 Å². The van der Waals surface area contributed by atoms with E-state index < -0.39 is 11.9 Å². The third kappa shape index (κ3) is 7.16. The average Bonchev–Trinajstić information content (AvgIpc) is 3.27. The van der Waals surface area contributed by atoms with E-state index in [1.807, 2.05) is 30.3 Å². The van der Waals surface area contributed by atoms with Gasteiger partial charge in [-0.2, -0.15) is 0 Å². The number of esters is 1. The molecule has 0 N–H and O–H groups in total. The molecule has 0 bridgehead atoms. The first kappa shape index (κ1) is 25.9. The summed E-state index contributed by atoms with van der Waals surface area (Å²) in [7, 11) is 0. The molecule has 0 aliphatic heterocycles. The van der Waals surface area contributed by atoms with E-state index in [4.69, 9.17) is 14.1 Å². The predicted octanol–water partition coefficient (Wildman–Crippen LogP) is 7.64. The first-order valence-corrected chi connectivity index (χ1v) is 12.7. The maximum atomic E-state index is 14.0. The highest BCUT2D eigenvalue weighted by Crippen LogP contribution is 2.33. The van der Waals surface area contributed by atoms with E-state index >= 15 is 0 Å². The highest BCUT2D eigenvalue weighted by atomic mass is 32.2. The number of carbonyl (C=O) groups excluding carboxylic acids is 1. The molecule has 0 aliphatic carbocycles. The molecule has 0 spiro atoms. The van der Waals surface area contributed by atoms with Crippen molar-refractivity contribution in [2.75, 3.05) is 12.4 Å². The fraction of sp³-hybridized carbons (Fsp3) is 0.407. The van der Waals surface area contributed by atoms with Gasteiger partial charge in [-0.1, -0.05) is 20.4 Å². The molecule has 0 amide bonds. The second-order valence-electron chi connectivity index (χ2n) is 8.10. The van der Waals surface area contributed by atoms with Gasteiger partial charge >= 0.3 is 5.97 Å². The SMILES string of the molecule is C=CC(=O)OCCCC(F)(F)CCCSc1ccc2cc(-c3ccc(CC)nc3CC)oc2c1. The van der Waals surface area contributed by atoms with Gasteiger partial charge in [0.15, 0.2) is 0 Å². The summed E-state index contributed by atoms with van der Waals surface area (Å²) in [4.78, 5) is 16.7. The molecule has 4 nitrogen and oxygen atoms in total. The van der Waals surface area contributed by atoms with Gasteiger partial charge in [-0.15, -0.1) is 11.8 Å². The number of halogens is 2. The fourth-order valence-electron chi connectivity index (χ4n) is 3.68. The van der Waals surface area contributed by atoms with Crippen LogP contribution < -0.4 is 0 Å². The first-order chi connectivity index (χ1) is 16.3. The Kier molecular flexibility index (Phi) is 9.28. The number of aromatic nitrogens is 1.